The Morgan fingerprint density at radius 2 is 1.71 bits per heavy atom. The Morgan fingerprint density at radius 1 is 1.14 bits per heavy atom. The third kappa shape index (κ3) is 1.91. The number of hydrogen-bond donors (Lipinski definition) is 0. The number of rotatable bonds is 2. The second kappa shape index (κ2) is 3.87. The van der Waals surface area contributed by atoms with E-state index in [0.717, 1.165) is 0 Å². The summed E-state index contributed by atoms with van der Waals surface area (Å²) in [7, 11) is 1.95. The molecule has 0 radical (unpaired) electrons. The van der Waals surface area contributed by atoms with E-state index in [0.29, 0.717) is 12.0 Å². The average molecular weight is 233 g/mol. The summed E-state index contributed by atoms with van der Waals surface area (Å²) in [6.07, 6.45) is 3.62. The van der Waals surface area contributed by atoms with Crippen LogP contribution in [-0.4, -0.2) is 28.0 Å². The summed E-state index contributed by atoms with van der Waals surface area (Å²) >= 11 is 11.4. The molecule has 1 aliphatic rings. The fourth-order valence-corrected chi connectivity index (χ4v) is 1.77. The Morgan fingerprint density at radius 3 is 2.14 bits per heavy atom. The minimum Gasteiger partial charge on any atom is -0.341 e. The molecule has 0 spiro atoms. The molecule has 1 saturated carbocycles. The first kappa shape index (κ1) is 9.93. The topological polar surface area (TPSA) is 41.9 Å². The van der Waals surface area contributed by atoms with Crippen LogP contribution in [0.25, 0.3) is 0 Å². The van der Waals surface area contributed by atoms with Crippen LogP contribution in [0.2, 0.25) is 10.6 Å². The third-order valence-corrected chi connectivity index (χ3v) is 2.84. The Kier molecular flexibility index (Phi) is 2.74. The van der Waals surface area contributed by atoms with Crippen LogP contribution in [-0.2, 0) is 0 Å². The first-order valence-corrected chi connectivity index (χ1v) is 5.22. The van der Waals surface area contributed by atoms with Crippen LogP contribution >= 0.6 is 23.2 Å². The molecule has 1 heterocycles. The summed E-state index contributed by atoms with van der Waals surface area (Å²) in [4.78, 5) is 13.7. The van der Waals surface area contributed by atoms with Crippen LogP contribution in [0.3, 0.4) is 0 Å². The number of nitrogens with zero attached hydrogens (tertiary/aromatic N) is 4. The van der Waals surface area contributed by atoms with Gasteiger partial charge in [-0.3, -0.25) is 0 Å². The van der Waals surface area contributed by atoms with Gasteiger partial charge >= 0.3 is 0 Å². The zero-order chi connectivity index (χ0) is 10.1. The van der Waals surface area contributed by atoms with Crippen molar-refractivity contribution in [2.24, 2.45) is 0 Å². The molecule has 0 aliphatic heterocycles. The van der Waals surface area contributed by atoms with E-state index in [9.17, 15) is 0 Å². The zero-order valence-corrected chi connectivity index (χ0v) is 9.26. The van der Waals surface area contributed by atoms with Gasteiger partial charge < -0.3 is 4.90 Å². The SMILES string of the molecule is CN(c1nc(Cl)nc(Cl)n1)C1CCC1. The highest BCUT2D eigenvalue weighted by atomic mass is 35.5. The van der Waals surface area contributed by atoms with Gasteiger partial charge in [-0.25, -0.2) is 0 Å². The standard InChI is InChI=1S/C8H10Cl2N4/c1-14(5-3-2-4-5)8-12-6(9)11-7(10)13-8/h5H,2-4H2,1H3. The van der Waals surface area contributed by atoms with Gasteiger partial charge in [-0.05, 0) is 42.5 Å². The van der Waals surface area contributed by atoms with Gasteiger partial charge in [-0.2, -0.15) is 15.0 Å². The van der Waals surface area contributed by atoms with E-state index in [1.165, 1.54) is 19.3 Å². The monoisotopic (exact) mass is 232 g/mol. The van der Waals surface area contributed by atoms with Gasteiger partial charge in [0.15, 0.2) is 0 Å². The van der Waals surface area contributed by atoms with Crippen LogP contribution < -0.4 is 4.90 Å². The molecule has 0 saturated heterocycles. The first-order chi connectivity index (χ1) is 6.66. The Balaban J connectivity index is 2.21. The van der Waals surface area contributed by atoms with Crippen LogP contribution in [0.1, 0.15) is 19.3 Å². The lowest BCUT2D eigenvalue weighted by Gasteiger charge is -2.34. The van der Waals surface area contributed by atoms with E-state index in [4.69, 9.17) is 23.2 Å². The van der Waals surface area contributed by atoms with Crippen molar-refractivity contribution in [1.29, 1.82) is 0 Å². The third-order valence-electron chi connectivity index (χ3n) is 2.51. The van der Waals surface area contributed by atoms with Gasteiger partial charge in [0.25, 0.3) is 0 Å². The molecule has 0 bridgehead atoms. The highest BCUT2D eigenvalue weighted by molar-refractivity contribution is 6.31. The van der Waals surface area contributed by atoms with Gasteiger partial charge in [-0.1, -0.05) is 0 Å². The average Bonchev–Trinajstić information content (AvgIpc) is 1.98. The van der Waals surface area contributed by atoms with E-state index in [1.807, 2.05) is 11.9 Å². The van der Waals surface area contributed by atoms with Gasteiger partial charge in [0, 0.05) is 13.1 Å². The van der Waals surface area contributed by atoms with E-state index < -0.39 is 0 Å². The van der Waals surface area contributed by atoms with Crippen molar-refractivity contribution in [3.63, 3.8) is 0 Å². The van der Waals surface area contributed by atoms with Crippen molar-refractivity contribution >= 4 is 29.2 Å². The maximum absolute atomic E-state index is 5.69. The maximum Gasteiger partial charge on any atom is 0.230 e. The molecule has 1 aromatic rings. The lowest BCUT2D eigenvalue weighted by atomic mass is 9.92. The summed E-state index contributed by atoms with van der Waals surface area (Å²) in [5, 5.41) is 0.289. The first-order valence-electron chi connectivity index (χ1n) is 4.47. The number of hydrogen-bond acceptors (Lipinski definition) is 4. The van der Waals surface area contributed by atoms with Gasteiger partial charge in [0.2, 0.25) is 16.5 Å². The second-order valence-corrected chi connectivity index (χ2v) is 4.05. The lowest BCUT2D eigenvalue weighted by Crippen LogP contribution is -2.38. The summed E-state index contributed by atoms with van der Waals surface area (Å²) < 4.78 is 0. The van der Waals surface area contributed by atoms with Gasteiger partial charge in [0.1, 0.15) is 0 Å². The predicted molar refractivity (Wildman–Crippen MR) is 55.9 cm³/mol. The van der Waals surface area contributed by atoms with E-state index in [-0.39, 0.29) is 10.6 Å². The number of anilines is 1. The van der Waals surface area contributed by atoms with Crippen molar-refractivity contribution in [2.75, 3.05) is 11.9 Å². The smallest absolute Gasteiger partial charge is 0.230 e. The number of aromatic nitrogens is 3. The van der Waals surface area contributed by atoms with Crippen LogP contribution in [0.4, 0.5) is 5.95 Å². The second-order valence-electron chi connectivity index (χ2n) is 3.37. The van der Waals surface area contributed by atoms with E-state index in [1.54, 1.807) is 0 Å². The molecular weight excluding hydrogens is 223 g/mol. The molecule has 14 heavy (non-hydrogen) atoms. The minimum absolute atomic E-state index is 0.145. The van der Waals surface area contributed by atoms with Crippen molar-refractivity contribution in [2.45, 2.75) is 25.3 Å². The van der Waals surface area contributed by atoms with Crippen LogP contribution in [0.5, 0.6) is 0 Å². The summed E-state index contributed by atoms with van der Waals surface area (Å²) in [5.41, 5.74) is 0. The molecule has 1 fully saturated rings. The highest BCUT2D eigenvalue weighted by Gasteiger charge is 2.24. The van der Waals surface area contributed by atoms with Crippen LogP contribution in [0, 0.1) is 0 Å². The lowest BCUT2D eigenvalue weighted by molar-refractivity contribution is 0.397. The molecule has 4 nitrogen and oxygen atoms in total. The normalized spacial score (nSPS) is 16.5. The molecule has 6 heteroatoms. The Hall–Kier alpha value is -0.610. The highest BCUT2D eigenvalue weighted by Crippen LogP contribution is 2.26. The molecule has 1 aliphatic carbocycles. The van der Waals surface area contributed by atoms with Crippen LogP contribution in [0.15, 0.2) is 0 Å². The molecule has 0 N–H and O–H groups in total. The Labute approximate surface area is 92.3 Å². The summed E-state index contributed by atoms with van der Waals surface area (Å²) in [6, 6.07) is 0.518. The summed E-state index contributed by atoms with van der Waals surface area (Å²) in [5.74, 6) is 0.555. The van der Waals surface area contributed by atoms with E-state index in [2.05, 4.69) is 15.0 Å². The molecule has 0 unspecified atom stereocenters. The van der Waals surface area contributed by atoms with Gasteiger partial charge in [0.05, 0.1) is 0 Å². The molecule has 76 valence electrons. The van der Waals surface area contributed by atoms with E-state index >= 15 is 0 Å². The fraction of sp³-hybridized carbons (Fsp3) is 0.625. The van der Waals surface area contributed by atoms with Crippen molar-refractivity contribution in [3.05, 3.63) is 10.6 Å². The summed E-state index contributed by atoms with van der Waals surface area (Å²) in [6.45, 7) is 0. The molecule has 1 aromatic heterocycles. The maximum atomic E-state index is 5.69. The quantitative estimate of drug-likeness (QED) is 0.784. The molecule has 0 amide bonds. The predicted octanol–water partition coefficient (Wildman–Crippen LogP) is 2.17. The zero-order valence-electron chi connectivity index (χ0n) is 7.74. The minimum atomic E-state index is 0.145. The fourth-order valence-electron chi connectivity index (χ4n) is 1.41. The molecule has 2 rings (SSSR count). The van der Waals surface area contributed by atoms with Crippen molar-refractivity contribution < 1.29 is 0 Å². The van der Waals surface area contributed by atoms with Gasteiger partial charge in [-0.15, -0.1) is 0 Å². The van der Waals surface area contributed by atoms with Crippen molar-refractivity contribution in [3.8, 4) is 0 Å². The number of halogens is 2. The largest absolute Gasteiger partial charge is 0.341 e. The Bertz CT molecular complexity index is 320. The molecular formula is C8H10Cl2N4. The molecule has 0 atom stereocenters. The van der Waals surface area contributed by atoms with Crippen molar-refractivity contribution in [1.82, 2.24) is 15.0 Å². The molecule has 0 aromatic carbocycles.